The molecule has 0 amide bonds. The van der Waals surface area contributed by atoms with Crippen molar-refractivity contribution in [2.45, 2.75) is 32.2 Å². The van der Waals surface area contributed by atoms with E-state index in [0.717, 1.165) is 11.1 Å². The molecule has 0 fully saturated rings. The third kappa shape index (κ3) is 3.17. The highest BCUT2D eigenvalue weighted by atomic mass is 35.5. The van der Waals surface area contributed by atoms with E-state index in [4.69, 9.17) is 28.9 Å². The van der Waals surface area contributed by atoms with Crippen LogP contribution < -0.4 is 5.73 Å². The fraction of sp³-hybridized carbons (Fsp3) is 0.294. The second-order valence-electron chi connectivity index (χ2n) is 5.98. The largest absolute Gasteiger partial charge is 0.320 e. The van der Waals surface area contributed by atoms with Crippen LogP contribution >= 0.6 is 23.2 Å². The smallest absolute Gasteiger partial charge is 0.0569 e. The van der Waals surface area contributed by atoms with Crippen LogP contribution in [0.4, 0.5) is 0 Å². The van der Waals surface area contributed by atoms with E-state index in [-0.39, 0.29) is 11.5 Å². The second kappa shape index (κ2) is 5.77. The van der Waals surface area contributed by atoms with Gasteiger partial charge in [0.2, 0.25) is 0 Å². The van der Waals surface area contributed by atoms with Crippen molar-refractivity contribution in [3.63, 3.8) is 0 Å². The van der Waals surface area contributed by atoms with Crippen LogP contribution in [0.25, 0.3) is 0 Å². The minimum absolute atomic E-state index is 0.0270. The van der Waals surface area contributed by atoms with Crippen molar-refractivity contribution in [1.82, 2.24) is 0 Å². The van der Waals surface area contributed by atoms with Gasteiger partial charge in [0.05, 0.1) is 6.04 Å². The van der Waals surface area contributed by atoms with Crippen LogP contribution in [0.15, 0.2) is 42.5 Å². The Balaban J connectivity index is 2.54. The van der Waals surface area contributed by atoms with E-state index in [1.54, 1.807) is 12.1 Å². The molecular formula is C17H19Cl2N. The van der Waals surface area contributed by atoms with Crippen molar-refractivity contribution in [3.8, 4) is 0 Å². The summed E-state index contributed by atoms with van der Waals surface area (Å²) in [5.41, 5.74) is 9.64. The van der Waals surface area contributed by atoms with Gasteiger partial charge in [0, 0.05) is 10.0 Å². The van der Waals surface area contributed by atoms with Gasteiger partial charge >= 0.3 is 0 Å². The Bertz CT molecular complexity index is 615. The lowest BCUT2D eigenvalue weighted by Gasteiger charge is -2.26. The molecule has 0 aliphatic rings. The Morgan fingerprint density at radius 3 is 2.25 bits per heavy atom. The quantitative estimate of drug-likeness (QED) is 0.796. The molecule has 1 nitrogen and oxygen atoms in total. The molecule has 106 valence electrons. The van der Waals surface area contributed by atoms with Crippen molar-refractivity contribution < 1.29 is 0 Å². The molecule has 2 rings (SSSR count). The molecule has 2 N–H and O–H groups in total. The van der Waals surface area contributed by atoms with Crippen molar-refractivity contribution in [2.24, 2.45) is 5.73 Å². The normalized spacial score (nSPS) is 13.3. The van der Waals surface area contributed by atoms with E-state index >= 15 is 0 Å². The van der Waals surface area contributed by atoms with Crippen LogP contribution in [0.5, 0.6) is 0 Å². The highest BCUT2D eigenvalue weighted by Crippen LogP contribution is 2.34. The number of hydrogen-bond acceptors (Lipinski definition) is 1. The Hall–Kier alpha value is -1.02. The van der Waals surface area contributed by atoms with E-state index in [9.17, 15) is 0 Å². The fourth-order valence-corrected chi connectivity index (χ4v) is 2.79. The van der Waals surface area contributed by atoms with Gasteiger partial charge in [0.25, 0.3) is 0 Å². The molecule has 1 atom stereocenters. The van der Waals surface area contributed by atoms with Gasteiger partial charge in [-0.1, -0.05) is 68.2 Å². The van der Waals surface area contributed by atoms with Crippen molar-refractivity contribution in [1.29, 1.82) is 0 Å². The highest BCUT2D eigenvalue weighted by molar-refractivity contribution is 6.33. The molecule has 0 aliphatic carbocycles. The lowest BCUT2D eigenvalue weighted by molar-refractivity contribution is 0.578. The number of hydrogen-bond donors (Lipinski definition) is 1. The summed E-state index contributed by atoms with van der Waals surface area (Å²) in [5, 5.41) is 1.29. The van der Waals surface area contributed by atoms with E-state index < -0.39 is 0 Å². The number of nitrogens with two attached hydrogens (primary N) is 1. The SMILES string of the molecule is CC(C)(C)c1ccccc1C(N)c1cc(Cl)ccc1Cl. The molecule has 0 aromatic heterocycles. The lowest BCUT2D eigenvalue weighted by atomic mass is 9.81. The molecule has 0 heterocycles. The molecule has 2 aromatic rings. The fourth-order valence-electron chi connectivity index (χ4n) is 2.37. The Kier molecular flexibility index (Phi) is 4.43. The molecule has 0 bridgehead atoms. The maximum absolute atomic E-state index is 6.44. The van der Waals surface area contributed by atoms with Crippen LogP contribution in [0.1, 0.15) is 43.5 Å². The van der Waals surface area contributed by atoms with E-state index in [2.05, 4.69) is 32.9 Å². The molecule has 0 saturated heterocycles. The van der Waals surface area contributed by atoms with Gasteiger partial charge < -0.3 is 5.73 Å². The first-order valence-electron chi connectivity index (χ1n) is 6.60. The number of rotatable bonds is 2. The summed E-state index contributed by atoms with van der Waals surface area (Å²) in [4.78, 5) is 0. The van der Waals surface area contributed by atoms with Crippen LogP contribution in [0.2, 0.25) is 10.0 Å². The van der Waals surface area contributed by atoms with Gasteiger partial charge in [-0.05, 0) is 40.3 Å². The first-order chi connectivity index (χ1) is 9.30. The second-order valence-corrected chi connectivity index (χ2v) is 6.82. The zero-order valence-corrected chi connectivity index (χ0v) is 13.5. The summed E-state index contributed by atoms with van der Waals surface area (Å²) in [7, 11) is 0. The van der Waals surface area contributed by atoms with Crippen molar-refractivity contribution in [3.05, 3.63) is 69.2 Å². The monoisotopic (exact) mass is 307 g/mol. The Morgan fingerprint density at radius 1 is 0.950 bits per heavy atom. The first-order valence-corrected chi connectivity index (χ1v) is 7.36. The maximum atomic E-state index is 6.44. The summed E-state index contributed by atoms with van der Waals surface area (Å²) in [5.74, 6) is 0. The summed E-state index contributed by atoms with van der Waals surface area (Å²) < 4.78 is 0. The zero-order valence-electron chi connectivity index (χ0n) is 12.0. The van der Waals surface area contributed by atoms with Crippen LogP contribution in [-0.2, 0) is 5.41 Å². The summed E-state index contributed by atoms with van der Waals surface area (Å²) >= 11 is 12.3. The maximum Gasteiger partial charge on any atom is 0.0569 e. The van der Waals surface area contributed by atoms with E-state index in [0.29, 0.717) is 10.0 Å². The third-order valence-corrected chi connectivity index (χ3v) is 3.98. The average molecular weight is 308 g/mol. The molecular weight excluding hydrogens is 289 g/mol. The Labute approximate surface area is 130 Å². The number of halogens is 2. The van der Waals surface area contributed by atoms with Gasteiger partial charge in [-0.2, -0.15) is 0 Å². The van der Waals surface area contributed by atoms with Gasteiger partial charge in [0.1, 0.15) is 0 Å². The summed E-state index contributed by atoms with van der Waals surface area (Å²) in [6.07, 6.45) is 0. The topological polar surface area (TPSA) is 26.0 Å². The van der Waals surface area contributed by atoms with Crippen LogP contribution in [0.3, 0.4) is 0 Å². The predicted molar refractivity (Wildman–Crippen MR) is 87.6 cm³/mol. The third-order valence-electron chi connectivity index (χ3n) is 3.40. The highest BCUT2D eigenvalue weighted by Gasteiger charge is 2.22. The van der Waals surface area contributed by atoms with Crippen LogP contribution in [0, 0.1) is 0 Å². The molecule has 2 aromatic carbocycles. The molecule has 20 heavy (non-hydrogen) atoms. The molecule has 0 aliphatic heterocycles. The van der Waals surface area contributed by atoms with E-state index in [1.807, 2.05) is 18.2 Å². The minimum Gasteiger partial charge on any atom is -0.320 e. The van der Waals surface area contributed by atoms with Crippen molar-refractivity contribution in [2.75, 3.05) is 0 Å². The van der Waals surface area contributed by atoms with Gasteiger partial charge in [-0.25, -0.2) is 0 Å². The van der Waals surface area contributed by atoms with Crippen LogP contribution in [-0.4, -0.2) is 0 Å². The van der Waals surface area contributed by atoms with Gasteiger partial charge in [0.15, 0.2) is 0 Å². The molecule has 3 heteroatoms. The molecule has 1 unspecified atom stereocenters. The minimum atomic E-state index is -0.281. The number of benzene rings is 2. The van der Waals surface area contributed by atoms with Gasteiger partial charge in [-0.15, -0.1) is 0 Å². The van der Waals surface area contributed by atoms with E-state index in [1.165, 1.54) is 5.56 Å². The first kappa shape index (κ1) is 15.4. The predicted octanol–water partition coefficient (Wildman–Crippen LogP) is 5.34. The van der Waals surface area contributed by atoms with Gasteiger partial charge in [-0.3, -0.25) is 0 Å². The molecule has 0 saturated carbocycles. The zero-order chi connectivity index (χ0) is 14.9. The summed E-state index contributed by atoms with van der Waals surface area (Å²) in [6.45, 7) is 6.54. The lowest BCUT2D eigenvalue weighted by Crippen LogP contribution is -2.20. The Morgan fingerprint density at radius 2 is 1.60 bits per heavy atom. The molecule has 0 radical (unpaired) electrons. The molecule has 0 spiro atoms. The standard InChI is InChI=1S/C17H19Cl2N/c1-17(2,3)14-7-5-4-6-12(14)16(20)13-10-11(18)8-9-15(13)19/h4-10,16H,20H2,1-3H3. The average Bonchev–Trinajstić information content (AvgIpc) is 2.40. The summed E-state index contributed by atoms with van der Waals surface area (Å²) in [6, 6.07) is 13.3. The van der Waals surface area contributed by atoms with Crippen molar-refractivity contribution >= 4 is 23.2 Å².